The number of piperidine rings is 1. The second kappa shape index (κ2) is 6.38. The zero-order chi connectivity index (χ0) is 20.3. The van der Waals surface area contributed by atoms with Crippen molar-refractivity contribution in [1.29, 1.82) is 0 Å². The van der Waals surface area contributed by atoms with Crippen LogP contribution in [0, 0.1) is 11.3 Å². The highest BCUT2D eigenvalue weighted by atomic mass is 16.2. The molecule has 4 N–H and O–H groups in total. The summed E-state index contributed by atoms with van der Waals surface area (Å²) < 4.78 is 0. The molecular weight excluding hydrogens is 372 g/mol. The fourth-order valence-corrected chi connectivity index (χ4v) is 5.39. The Bertz CT molecular complexity index is 939. The SMILES string of the molecule is NC1CC(CNc2ccc3c(c2)C(=O)N(C2CCC(=O)NC2=O)C3=O)C12CCC2. The Labute approximate surface area is 168 Å². The second-order valence-electron chi connectivity index (χ2n) is 8.71. The molecular formula is C21H24N4O4. The Morgan fingerprint density at radius 1 is 1.14 bits per heavy atom. The Morgan fingerprint density at radius 2 is 1.90 bits per heavy atom. The fourth-order valence-electron chi connectivity index (χ4n) is 5.39. The number of anilines is 1. The maximum atomic E-state index is 12.9. The monoisotopic (exact) mass is 396 g/mol. The molecule has 4 amide bonds. The van der Waals surface area contributed by atoms with E-state index in [1.807, 2.05) is 0 Å². The molecule has 5 rings (SSSR count). The molecule has 0 bridgehead atoms. The Kier molecular flexibility index (Phi) is 4.03. The molecule has 1 aromatic rings. The van der Waals surface area contributed by atoms with Gasteiger partial charge >= 0.3 is 0 Å². The third kappa shape index (κ3) is 2.62. The molecule has 0 radical (unpaired) electrons. The lowest BCUT2D eigenvalue weighted by Gasteiger charge is -2.60. The third-order valence-electron chi connectivity index (χ3n) is 7.37. The van der Waals surface area contributed by atoms with Gasteiger partial charge in [-0.2, -0.15) is 0 Å². The highest BCUT2D eigenvalue weighted by Crippen LogP contribution is 2.58. The van der Waals surface area contributed by atoms with Crippen molar-refractivity contribution >= 4 is 29.3 Å². The lowest BCUT2D eigenvalue weighted by Crippen LogP contribution is -2.63. The van der Waals surface area contributed by atoms with Crippen molar-refractivity contribution in [2.75, 3.05) is 11.9 Å². The van der Waals surface area contributed by atoms with E-state index in [4.69, 9.17) is 5.73 Å². The van der Waals surface area contributed by atoms with E-state index in [1.165, 1.54) is 19.3 Å². The second-order valence-corrected chi connectivity index (χ2v) is 8.71. The van der Waals surface area contributed by atoms with Crippen LogP contribution in [0.5, 0.6) is 0 Å². The summed E-state index contributed by atoms with van der Waals surface area (Å²) in [6.45, 7) is 0.797. The first-order chi connectivity index (χ1) is 13.9. The molecule has 2 heterocycles. The van der Waals surface area contributed by atoms with Crippen LogP contribution < -0.4 is 16.4 Å². The maximum absolute atomic E-state index is 12.9. The van der Waals surface area contributed by atoms with Crippen LogP contribution in [0.1, 0.15) is 59.2 Å². The molecule has 3 atom stereocenters. The largest absolute Gasteiger partial charge is 0.385 e. The van der Waals surface area contributed by atoms with Crippen molar-refractivity contribution in [3.63, 3.8) is 0 Å². The van der Waals surface area contributed by atoms with Crippen LogP contribution >= 0.6 is 0 Å². The number of hydrogen-bond acceptors (Lipinski definition) is 6. The zero-order valence-corrected chi connectivity index (χ0v) is 16.1. The third-order valence-corrected chi connectivity index (χ3v) is 7.37. The number of carbonyl (C=O) groups is 4. The van der Waals surface area contributed by atoms with Gasteiger partial charge in [0.2, 0.25) is 11.8 Å². The minimum absolute atomic E-state index is 0.113. The summed E-state index contributed by atoms with van der Waals surface area (Å²) in [7, 11) is 0. The lowest BCUT2D eigenvalue weighted by molar-refractivity contribution is -0.136. The lowest BCUT2D eigenvalue weighted by atomic mass is 9.47. The summed E-state index contributed by atoms with van der Waals surface area (Å²) in [5, 5.41) is 5.61. The van der Waals surface area contributed by atoms with Crippen molar-refractivity contribution in [1.82, 2.24) is 10.2 Å². The first-order valence-electron chi connectivity index (χ1n) is 10.3. The van der Waals surface area contributed by atoms with Gasteiger partial charge in [-0.1, -0.05) is 6.42 Å². The van der Waals surface area contributed by atoms with Crippen LogP contribution in [0.15, 0.2) is 18.2 Å². The van der Waals surface area contributed by atoms with Crippen LogP contribution in [-0.4, -0.2) is 47.2 Å². The molecule has 2 aliphatic carbocycles. The van der Waals surface area contributed by atoms with Crippen LogP contribution in [-0.2, 0) is 9.59 Å². The first-order valence-corrected chi connectivity index (χ1v) is 10.3. The number of benzene rings is 1. The van der Waals surface area contributed by atoms with Crippen LogP contribution in [0.2, 0.25) is 0 Å². The zero-order valence-electron chi connectivity index (χ0n) is 16.1. The van der Waals surface area contributed by atoms with E-state index in [2.05, 4.69) is 10.6 Å². The quantitative estimate of drug-likeness (QED) is 0.653. The van der Waals surface area contributed by atoms with Gasteiger partial charge in [-0.25, -0.2) is 0 Å². The number of rotatable bonds is 4. The summed E-state index contributed by atoms with van der Waals surface area (Å²) in [4.78, 5) is 50.1. The van der Waals surface area contributed by atoms with E-state index in [1.54, 1.807) is 18.2 Å². The molecule has 1 spiro atoms. The highest BCUT2D eigenvalue weighted by molar-refractivity contribution is 6.23. The van der Waals surface area contributed by atoms with E-state index in [-0.39, 0.29) is 24.2 Å². The van der Waals surface area contributed by atoms with E-state index in [0.717, 1.165) is 23.6 Å². The average molecular weight is 396 g/mol. The molecule has 1 aromatic carbocycles. The van der Waals surface area contributed by atoms with Gasteiger partial charge in [-0.15, -0.1) is 0 Å². The molecule has 3 fully saturated rings. The minimum atomic E-state index is -0.938. The molecule has 3 unspecified atom stereocenters. The number of hydrogen-bond donors (Lipinski definition) is 3. The first kappa shape index (κ1) is 18.3. The molecule has 29 heavy (non-hydrogen) atoms. The molecule has 8 heteroatoms. The summed E-state index contributed by atoms with van der Waals surface area (Å²) in [6, 6.07) is 4.48. The maximum Gasteiger partial charge on any atom is 0.262 e. The smallest absolute Gasteiger partial charge is 0.262 e. The van der Waals surface area contributed by atoms with Gasteiger partial charge in [0.05, 0.1) is 11.1 Å². The van der Waals surface area contributed by atoms with E-state index < -0.39 is 23.8 Å². The number of carbonyl (C=O) groups excluding carboxylic acids is 4. The fraction of sp³-hybridized carbons (Fsp3) is 0.524. The minimum Gasteiger partial charge on any atom is -0.385 e. The Morgan fingerprint density at radius 3 is 2.55 bits per heavy atom. The molecule has 2 saturated carbocycles. The van der Waals surface area contributed by atoms with Crippen molar-refractivity contribution in [3.8, 4) is 0 Å². The van der Waals surface area contributed by atoms with Gasteiger partial charge in [-0.3, -0.25) is 29.4 Å². The normalized spacial score (nSPS) is 30.0. The number of nitrogens with zero attached hydrogens (tertiary/aromatic N) is 1. The van der Waals surface area contributed by atoms with Gasteiger partial charge in [0.1, 0.15) is 6.04 Å². The van der Waals surface area contributed by atoms with Gasteiger partial charge in [0.15, 0.2) is 0 Å². The predicted molar refractivity (Wildman–Crippen MR) is 104 cm³/mol. The Balaban J connectivity index is 1.31. The summed E-state index contributed by atoms with van der Waals surface area (Å²) in [6.07, 6.45) is 4.92. The summed E-state index contributed by atoms with van der Waals surface area (Å²) >= 11 is 0. The molecule has 152 valence electrons. The van der Waals surface area contributed by atoms with Gasteiger partial charge in [-0.05, 0) is 55.2 Å². The van der Waals surface area contributed by atoms with Crippen molar-refractivity contribution < 1.29 is 19.2 Å². The number of fused-ring (bicyclic) bond motifs is 1. The van der Waals surface area contributed by atoms with Crippen molar-refractivity contribution in [3.05, 3.63) is 29.3 Å². The number of amides is 4. The summed E-state index contributed by atoms with van der Waals surface area (Å²) in [5.41, 5.74) is 7.89. The number of imide groups is 2. The van der Waals surface area contributed by atoms with Crippen LogP contribution in [0.25, 0.3) is 0 Å². The molecule has 2 aliphatic heterocycles. The van der Waals surface area contributed by atoms with Gasteiger partial charge in [0, 0.05) is 24.7 Å². The van der Waals surface area contributed by atoms with E-state index in [0.29, 0.717) is 23.1 Å². The Hall–Kier alpha value is -2.74. The highest BCUT2D eigenvalue weighted by Gasteiger charge is 2.56. The standard InChI is InChI=1S/C21H24N4O4/c22-16-8-11(21(16)6-1-7-21)10-23-12-2-3-13-14(9-12)20(29)25(19(13)28)15-4-5-17(26)24-18(15)27/h2-3,9,11,15-16,23H,1,4-8,10,22H2,(H,24,26,27). The van der Waals surface area contributed by atoms with Crippen LogP contribution in [0.4, 0.5) is 5.69 Å². The molecule has 4 aliphatic rings. The van der Waals surface area contributed by atoms with E-state index >= 15 is 0 Å². The van der Waals surface area contributed by atoms with Gasteiger partial charge in [0.25, 0.3) is 11.8 Å². The molecule has 8 nitrogen and oxygen atoms in total. The average Bonchev–Trinajstić information content (AvgIpc) is 2.88. The molecule has 0 aromatic heterocycles. The number of nitrogens with two attached hydrogens (primary N) is 1. The van der Waals surface area contributed by atoms with E-state index in [9.17, 15) is 19.2 Å². The topological polar surface area (TPSA) is 122 Å². The van der Waals surface area contributed by atoms with Crippen molar-refractivity contribution in [2.24, 2.45) is 17.1 Å². The van der Waals surface area contributed by atoms with Crippen molar-refractivity contribution in [2.45, 2.75) is 50.6 Å². The summed E-state index contributed by atoms with van der Waals surface area (Å²) in [5.74, 6) is -1.40. The predicted octanol–water partition coefficient (Wildman–Crippen LogP) is 1.02. The molecule has 1 saturated heterocycles. The van der Waals surface area contributed by atoms with Gasteiger partial charge < -0.3 is 11.1 Å². The van der Waals surface area contributed by atoms with Crippen LogP contribution in [0.3, 0.4) is 0 Å². The number of nitrogens with one attached hydrogen (secondary N) is 2.